The van der Waals surface area contributed by atoms with E-state index >= 15 is 0 Å². The molecule has 3 N–H and O–H groups in total. The molecule has 0 aromatic heterocycles. The lowest BCUT2D eigenvalue weighted by Crippen LogP contribution is -2.41. The Morgan fingerprint density at radius 3 is 2.33 bits per heavy atom. The molecule has 0 heterocycles. The summed E-state index contributed by atoms with van der Waals surface area (Å²) in [6.45, 7) is 2.49. The summed E-state index contributed by atoms with van der Waals surface area (Å²) in [5, 5.41) is 2.98. The minimum absolute atomic E-state index is 0.114. The molecule has 0 saturated heterocycles. The van der Waals surface area contributed by atoms with Gasteiger partial charge in [-0.1, -0.05) is 32.1 Å². The van der Waals surface area contributed by atoms with Crippen molar-refractivity contribution < 1.29 is 4.79 Å². The second-order valence-corrected chi connectivity index (χ2v) is 4.69. The Hall–Kier alpha value is -0.570. The summed E-state index contributed by atoms with van der Waals surface area (Å²) in [6.07, 6.45) is 8.44. The highest BCUT2D eigenvalue weighted by atomic mass is 16.1. The first-order valence-electron chi connectivity index (χ1n) is 6.24. The summed E-state index contributed by atoms with van der Waals surface area (Å²) in [4.78, 5) is 11.9. The van der Waals surface area contributed by atoms with Gasteiger partial charge in [0.1, 0.15) is 0 Å². The molecule has 0 aliphatic heterocycles. The molecular formula is C12H24N2O. The van der Waals surface area contributed by atoms with Gasteiger partial charge in [-0.3, -0.25) is 4.79 Å². The third kappa shape index (κ3) is 4.65. The summed E-state index contributed by atoms with van der Waals surface area (Å²) in [5.74, 6) is 0.453. The average Bonchev–Trinajstić information content (AvgIpc) is 2.16. The zero-order valence-electron chi connectivity index (χ0n) is 9.80. The van der Waals surface area contributed by atoms with E-state index in [0.29, 0.717) is 6.54 Å². The van der Waals surface area contributed by atoms with Crippen LogP contribution in [0.4, 0.5) is 0 Å². The molecule has 1 fully saturated rings. The number of amides is 1. The van der Waals surface area contributed by atoms with Crippen LogP contribution in [0.15, 0.2) is 0 Å². The molecule has 0 bridgehead atoms. The van der Waals surface area contributed by atoms with Crippen LogP contribution in [0.1, 0.15) is 51.9 Å². The van der Waals surface area contributed by atoms with E-state index < -0.39 is 0 Å². The van der Waals surface area contributed by atoms with Crippen LogP contribution < -0.4 is 11.1 Å². The predicted octanol–water partition coefficient (Wildman–Crippen LogP) is 1.81. The van der Waals surface area contributed by atoms with Crippen molar-refractivity contribution in [1.82, 2.24) is 5.32 Å². The van der Waals surface area contributed by atoms with Gasteiger partial charge in [0, 0.05) is 18.5 Å². The fraction of sp³-hybridized carbons (Fsp3) is 0.917. The Morgan fingerprint density at radius 1 is 1.27 bits per heavy atom. The van der Waals surface area contributed by atoms with Gasteiger partial charge in [0.2, 0.25) is 5.91 Å². The quantitative estimate of drug-likeness (QED) is 0.749. The fourth-order valence-electron chi connectivity index (χ4n) is 2.14. The maximum Gasteiger partial charge on any atom is 0.223 e. The highest BCUT2D eigenvalue weighted by molar-refractivity contribution is 5.78. The van der Waals surface area contributed by atoms with Crippen molar-refractivity contribution >= 4 is 5.91 Å². The molecule has 1 aliphatic carbocycles. The van der Waals surface area contributed by atoms with Gasteiger partial charge < -0.3 is 11.1 Å². The van der Waals surface area contributed by atoms with E-state index in [1.807, 2.05) is 6.92 Å². The van der Waals surface area contributed by atoms with Crippen molar-refractivity contribution in [3.8, 4) is 0 Å². The first-order chi connectivity index (χ1) is 7.24. The SMILES string of the molecule is C[C@@H](CN)NC(=O)C1CCCCCCC1. The molecule has 1 rings (SSSR count). The Morgan fingerprint density at radius 2 is 1.80 bits per heavy atom. The zero-order valence-corrected chi connectivity index (χ0v) is 9.80. The number of nitrogens with two attached hydrogens (primary N) is 1. The van der Waals surface area contributed by atoms with Crippen molar-refractivity contribution in [3.63, 3.8) is 0 Å². The van der Waals surface area contributed by atoms with Gasteiger partial charge in [-0.2, -0.15) is 0 Å². The topological polar surface area (TPSA) is 55.1 Å². The Bertz CT molecular complexity index is 186. The lowest BCUT2D eigenvalue weighted by atomic mass is 9.90. The third-order valence-corrected chi connectivity index (χ3v) is 3.22. The number of hydrogen-bond donors (Lipinski definition) is 2. The molecule has 3 nitrogen and oxygen atoms in total. The van der Waals surface area contributed by atoms with Crippen LogP contribution in [-0.2, 0) is 4.79 Å². The summed E-state index contributed by atoms with van der Waals surface area (Å²) < 4.78 is 0. The minimum atomic E-state index is 0.114. The fourth-order valence-corrected chi connectivity index (χ4v) is 2.14. The minimum Gasteiger partial charge on any atom is -0.352 e. The lowest BCUT2D eigenvalue weighted by Gasteiger charge is -2.21. The van der Waals surface area contributed by atoms with Gasteiger partial charge in [-0.15, -0.1) is 0 Å². The van der Waals surface area contributed by atoms with Crippen molar-refractivity contribution in [3.05, 3.63) is 0 Å². The van der Waals surface area contributed by atoms with Crippen molar-refractivity contribution in [1.29, 1.82) is 0 Å². The standard InChI is InChI=1S/C12H24N2O/c1-10(9-13)14-12(15)11-7-5-3-2-4-6-8-11/h10-11H,2-9,13H2,1H3,(H,14,15)/t10-/m0/s1. The Kier molecular flexibility index (Phi) is 5.69. The smallest absolute Gasteiger partial charge is 0.223 e. The molecule has 0 unspecified atom stereocenters. The maximum absolute atomic E-state index is 11.9. The van der Waals surface area contributed by atoms with Crippen LogP contribution in [0.3, 0.4) is 0 Å². The second-order valence-electron chi connectivity index (χ2n) is 4.69. The molecule has 1 amide bonds. The number of carbonyl (C=O) groups excluding carboxylic acids is 1. The Labute approximate surface area is 92.8 Å². The van der Waals surface area contributed by atoms with Gasteiger partial charge in [0.05, 0.1) is 0 Å². The summed E-state index contributed by atoms with van der Waals surface area (Å²) >= 11 is 0. The van der Waals surface area contributed by atoms with E-state index in [1.165, 1.54) is 32.1 Å². The number of nitrogens with one attached hydrogen (secondary N) is 1. The summed E-state index contributed by atoms with van der Waals surface area (Å²) in [6, 6.07) is 0.114. The van der Waals surface area contributed by atoms with Crippen LogP contribution >= 0.6 is 0 Å². The molecule has 1 saturated carbocycles. The molecule has 15 heavy (non-hydrogen) atoms. The largest absolute Gasteiger partial charge is 0.352 e. The molecule has 1 aliphatic rings. The zero-order chi connectivity index (χ0) is 11.1. The van der Waals surface area contributed by atoms with E-state index in [2.05, 4.69) is 5.32 Å². The van der Waals surface area contributed by atoms with E-state index in [4.69, 9.17) is 5.73 Å². The highest BCUT2D eigenvalue weighted by Crippen LogP contribution is 2.22. The molecular weight excluding hydrogens is 188 g/mol. The van der Waals surface area contributed by atoms with Crippen LogP contribution in [0.5, 0.6) is 0 Å². The summed E-state index contributed by atoms with van der Waals surface area (Å²) in [5.41, 5.74) is 5.49. The monoisotopic (exact) mass is 212 g/mol. The number of carbonyl (C=O) groups is 1. The van der Waals surface area contributed by atoms with E-state index in [9.17, 15) is 4.79 Å². The molecule has 0 aromatic carbocycles. The maximum atomic E-state index is 11.9. The second kappa shape index (κ2) is 6.83. The van der Waals surface area contributed by atoms with E-state index in [0.717, 1.165) is 12.8 Å². The molecule has 0 radical (unpaired) electrons. The first kappa shape index (κ1) is 12.5. The van der Waals surface area contributed by atoms with Crippen molar-refractivity contribution in [2.75, 3.05) is 6.54 Å². The molecule has 0 aromatic rings. The van der Waals surface area contributed by atoms with Gasteiger partial charge >= 0.3 is 0 Å². The van der Waals surface area contributed by atoms with Crippen LogP contribution in [-0.4, -0.2) is 18.5 Å². The average molecular weight is 212 g/mol. The third-order valence-electron chi connectivity index (χ3n) is 3.22. The molecule has 0 spiro atoms. The highest BCUT2D eigenvalue weighted by Gasteiger charge is 2.19. The normalized spacial score (nSPS) is 21.5. The van der Waals surface area contributed by atoms with Gasteiger partial charge in [0.15, 0.2) is 0 Å². The van der Waals surface area contributed by atoms with Gasteiger partial charge in [-0.05, 0) is 19.8 Å². The predicted molar refractivity (Wildman–Crippen MR) is 62.5 cm³/mol. The van der Waals surface area contributed by atoms with Crippen molar-refractivity contribution in [2.45, 2.75) is 57.9 Å². The van der Waals surface area contributed by atoms with E-state index in [1.54, 1.807) is 0 Å². The van der Waals surface area contributed by atoms with Crippen LogP contribution in [0.25, 0.3) is 0 Å². The van der Waals surface area contributed by atoms with E-state index in [-0.39, 0.29) is 17.9 Å². The van der Waals surface area contributed by atoms with Gasteiger partial charge in [-0.25, -0.2) is 0 Å². The lowest BCUT2D eigenvalue weighted by molar-refractivity contribution is -0.126. The first-order valence-corrected chi connectivity index (χ1v) is 6.24. The van der Waals surface area contributed by atoms with Crippen LogP contribution in [0.2, 0.25) is 0 Å². The Balaban J connectivity index is 2.34. The molecule has 1 atom stereocenters. The van der Waals surface area contributed by atoms with Crippen molar-refractivity contribution in [2.24, 2.45) is 11.7 Å². The number of hydrogen-bond acceptors (Lipinski definition) is 2. The van der Waals surface area contributed by atoms with Gasteiger partial charge in [0.25, 0.3) is 0 Å². The molecule has 3 heteroatoms. The van der Waals surface area contributed by atoms with Crippen LogP contribution in [0, 0.1) is 5.92 Å². The molecule has 88 valence electrons. The number of rotatable bonds is 3. The summed E-state index contributed by atoms with van der Waals surface area (Å²) in [7, 11) is 0.